The number of aliphatic hydroxyl groups excluding tert-OH is 1. The quantitative estimate of drug-likeness (QED) is 0.0490. The highest BCUT2D eigenvalue weighted by molar-refractivity contribution is 5.53. The Morgan fingerprint density at radius 1 is 0.400 bits per heavy atom. The molecule has 0 heterocycles. The minimum Gasteiger partial charge on any atom is -0.396 e. The van der Waals surface area contributed by atoms with E-state index >= 15 is 0 Å². The summed E-state index contributed by atoms with van der Waals surface area (Å²) in [4.78, 5) is 24.4. The van der Waals surface area contributed by atoms with E-state index in [1.165, 1.54) is 205 Å². The smallest absolute Gasteiger partial charge is 0.123 e. The van der Waals surface area contributed by atoms with Crippen LogP contribution in [0.4, 0.5) is 0 Å². The molecule has 2 atom stereocenters. The minimum atomic E-state index is 0.304. The zero-order valence-corrected chi connectivity index (χ0v) is 38.4. The Balaban J connectivity index is -0.000000744. The summed E-state index contributed by atoms with van der Waals surface area (Å²) in [6.45, 7) is 14.4. The zero-order chi connectivity index (χ0) is 41.1. The highest BCUT2D eigenvalue weighted by Crippen LogP contribution is 2.18. The summed E-state index contributed by atoms with van der Waals surface area (Å²) >= 11 is 0. The molecule has 0 aromatic heterocycles. The van der Waals surface area contributed by atoms with Gasteiger partial charge in [0.2, 0.25) is 0 Å². The molecule has 2 unspecified atom stereocenters. The van der Waals surface area contributed by atoms with Crippen molar-refractivity contribution in [1.82, 2.24) is 4.90 Å². The van der Waals surface area contributed by atoms with Gasteiger partial charge in [-0.15, -0.1) is 0 Å². The van der Waals surface area contributed by atoms with Crippen molar-refractivity contribution in [3.05, 3.63) is 0 Å². The SMILES string of the molecule is CCCCCCCCC(C=O)CCCCCC.CCCCCCCCC(C=O)CCCCCC.COCCCCCCN(CCCO)CCCCCCOC. The van der Waals surface area contributed by atoms with Crippen LogP contribution in [0, 0.1) is 11.8 Å². The first-order valence-corrected chi connectivity index (χ1v) is 24.3. The first kappa shape index (κ1) is 58.5. The second-order valence-corrected chi connectivity index (χ2v) is 16.3. The summed E-state index contributed by atoms with van der Waals surface area (Å²) in [5.41, 5.74) is 0. The number of carbonyl (C=O) groups is 2. The molecule has 1 N–H and O–H groups in total. The molecule has 0 aliphatic heterocycles. The van der Waals surface area contributed by atoms with E-state index in [1.807, 2.05) is 0 Å². The van der Waals surface area contributed by atoms with Crippen LogP contribution in [0.1, 0.15) is 240 Å². The predicted octanol–water partition coefficient (Wildman–Crippen LogP) is 14.1. The summed E-state index contributed by atoms with van der Waals surface area (Å²) in [5.74, 6) is 0.691. The number of aliphatic hydroxyl groups is 1. The molecule has 0 rings (SSSR count). The Morgan fingerprint density at radius 2 is 0.673 bits per heavy atom. The van der Waals surface area contributed by atoms with Gasteiger partial charge in [0, 0.05) is 52.4 Å². The lowest BCUT2D eigenvalue weighted by atomic mass is 9.95. The van der Waals surface area contributed by atoms with Crippen molar-refractivity contribution >= 4 is 12.6 Å². The number of unbranched alkanes of at least 4 members (excludes halogenated alkanes) is 22. The van der Waals surface area contributed by atoms with E-state index in [0.717, 1.165) is 51.9 Å². The number of hydrogen-bond acceptors (Lipinski definition) is 6. The Bertz CT molecular complexity index is 626. The molecule has 6 nitrogen and oxygen atoms in total. The van der Waals surface area contributed by atoms with Crippen molar-refractivity contribution in [3.8, 4) is 0 Å². The number of ether oxygens (including phenoxy) is 2. The van der Waals surface area contributed by atoms with Gasteiger partial charge in [-0.25, -0.2) is 0 Å². The highest BCUT2D eigenvalue weighted by Gasteiger charge is 2.08. The van der Waals surface area contributed by atoms with Gasteiger partial charge in [0.25, 0.3) is 0 Å². The molecule has 0 saturated carbocycles. The fourth-order valence-electron chi connectivity index (χ4n) is 7.10. The van der Waals surface area contributed by atoms with Crippen LogP contribution in [-0.2, 0) is 19.1 Å². The van der Waals surface area contributed by atoms with Gasteiger partial charge >= 0.3 is 0 Å². The minimum absolute atomic E-state index is 0.304. The van der Waals surface area contributed by atoms with E-state index in [-0.39, 0.29) is 0 Å². The lowest BCUT2D eigenvalue weighted by molar-refractivity contribution is -0.112. The number of nitrogens with zero attached hydrogens (tertiary/aromatic N) is 1. The summed E-state index contributed by atoms with van der Waals surface area (Å²) in [6.07, 6.45) is 44.0. The Labute approximate surface area is 345 Å². The van der Waals surface area contributed by atoms with Crippen molar-refractivity contribution in [3.63, 3.8) is 0 Å². The van der Waals surface area contributed by atoms with Gasteiger partial charge in [0.1, 0.15) is 12.6 Å². The molecular formula is C49H101NO5. The maximum Gasteiger partial charge on any atom is 0.123 e. The summed E-state index contributed by atoms with van der Waals surface area (Å²) < 4.78 is 10.1. The lowest BCUT2D eigenvalue weighted by Gasteiger charge is -2.22. The number of aldehydes is 2. The van der Waals surface area contributed by atoms with Crippen molar-refractivity contribution in [2.75, 3.05) is 53.7 Å². The molecule has 0 radical (unpaired) electrons. The third-order valence-electron chi connectivity index (χ3n) is 10.9. The maximum absolute atomic E-state index is 10.9. The molecule has 55 heavy (non-hydrogen) atoms. The topological polar surface area (TPSA) is 76.1 Å². The molecule has 0 saturated heterocycles. The summed E-state index contributed by atoms with van der Waals surface area (Å²) in [7, 11) is 3.53. The van der Waals surface area contributed by atoms with Gasteiger partial charge in [-0.3, -0.25) is 0 Å². The van der Waals surface area contributed by atoms with E-state index in [9.17, 15) is 9.59 Å². The van der Waals surface area contributed by atoms with Crippen LogP contribution in [0.3, 0.4) is 0 Å². The van der Waals surface area contributed by atoms with Crippen molar-refractivity contribution < 1.29 is 24.2 Å². The molecule has 332 valence electrons. The fourth-order valence-corrected chi connectivity index (χ4v) is 7.10. The van der Waals surface area contributed by atoms with Crippen LogP contribution in [0.25, 0.3) is 0 Å². The third-order valence-corrected chi connectivity index (χ3v) is 10.9. The van der Waals surface area contributed by atoms with E-state index in [2.05, 4.69) is 32.6 Å². The molecule has 0 fully saturated rings. The predicted molar refractivity (Wildman–Crippen MR) is 241 cm³/mol. The molecular weight excluding hydrogens is 683 g/mol. The average molecular weight is 784 g/mol. The maximum atomic E-state index is 10.9. The molecule has 0 aliphatic rings. The highest BCUT2D eigenvalue weighted by atomic mass is 16.5. The first-order valence-electron chi connectivity index (χ1n) is 24.3. The average Bonchev–Trinajstić information content (AvgIpc) is 3.20. The Morgan fingerprint density at radius 3 is 0.982 bits per heavy atom. The summed E-state index contributed by atoms with van der Waals surface area (Å²) in [6, 6.07) is 0. The molecule has 6 heteroatoms. The molecule has 0 aromatic rings. The van der Waals surface area contributed by atoms with E-state index in [1.54, 1.807) is 14.2 Å². The van der Waals surface area contributed by atoms with Crippen molar-refractivity contribution in [2.45, 2.75) is 240 Å². The second kappa shape index (κ2) is 55.3. The van der Waals surface area contributed by atoms with Crippen LogP contribution >= 0.6 is 0 Å². The molecule has 0 aromatic carbocycles. The number of carbonyl (C=O) groups excluding carboxylic acids is 2. The van der Waals surface area contributed by atoms with Crippen LogP contribution in [0.15, 0.2) is 0 Å². The molecule has 0 spiro atoms. The van der Waals surface area contributed by atoms with Gasteiger partial charge in [0.05, 0.1) is 0 Å². The number of rotatable bonds is 43. The Hall–Kier alpha value is -0.820. The lowest BCUT2D eigenvalue weighted by Crippen LogP contribution is -2.28. The van der Waals surface area contributed by atoms with E-state index in [4.69, 9.17) is 14.6 Å². The van der Waals surface area contributed by atoms with E-state index in [0.29, 0.717) is 18.4 Å². The van der Waals surface area contributed by atoms with Gasteiger partial charge in [-0.05, 0) is 70.9 Å². The largest absolute Gasteiger partial charge is 0.396 e. The summed E-state index contributed by atoms with van der Waals surface area (Å²) in [5, 5.41) is 9.00. The van der Waals surface area contributed by atoms with Crippen LogP contribution in [-0.4, -0.2) is 76.3 Å². The monoisotopic (exact) mass is 784 g/mol. The number of hydrogen-bond donors (Lipinski definition) is 1. The second-order valence-electron chi connectivity index (χ2n) is 16.3. The fraction of sp³-hybridized carbons (Fsp3) is 0.959. The van der Waals surface area contributed by atoms with Gasteiger partial charge in [-0.1, -0.05) is 182 Å². The van der Waals surface area contributed by atoms with Gasteiger partial charge in [-0.2, -0.15) is 0 Å². The van der Waals surface area contributed by atoms with Gasteiger partial charge < -0.3 is 29.1 Å². The zero-order valence-electron chi connectivity index (χ0n) is 38.4. The van der Waals surface area contributed by atoms with Crippen LogP contribution in [0.2, 0.25) is 0 Å². The van der Waals surface area contributed by atoms with Crippen molar-refractivity contribution in [1.29, 1.82) is 0 Å². The van der Waals surface area contributed by atoms with E-state index < -0.39 is 0 Å². The van der Waals surface area contributed by atoms with Crippen LogP contribution in [0.5, 0.6) is 0 Å². The van der Waals surface area contributed by atoms with Crippen LogP contribution < -0.4 is 0 Å². The first-order chi connectivity index (χ1) is 27.0. The molecule has 0 amide bonds. The van der Waals surface area contributed by atoms with Gasteiger partial charge in [0.15, 0.2) is 0 Å². The Kier molecular flexibility index (Phi) is 58.8. The standard InChI is InChI=1S/C17H37NO3.2C16H32O/c1-20-16-9-5-3-7-12-18(14-11-15-19)13-8-4-6-10-17-21-2;2*1-3-5-7-9-10-12-14-16(15-17)13-11-8-6-4-2/h19H,3-17H2,1-2H3;2*15-16H,3-14H2,1-2H3. The van der Waals surface area contributed by atoms with Crippen molar-refractivity contribution in [2.24, 2.45) is 11.8 Å². The third kappa shape index (κ3) is 53.2. The normalized spacial score (nSPS) is 12.1. The molecule has 0 bridgehead atoms. The molecule has 0 aliphatic carbocycles. The number of methoxy groups -OCH3 is 2.